The van der Waals surface area contributed by atoms with E-state index in [0.717, 1.165) is 29.6 Å². The molecule has 1 aromatic heterocycles. The smallest absolute Gasteiger partial charge is 0.131 e. The largest absolute Gasteiger partial charge is 0.295 e. The molecular formula is C16H21N3S. The topological polar surface area (TPSA) is 29.0 Å². The first-order chi connectivity index (χ1) is 9.54. The minimum Gasteiger partial charge on any atom is -0.295 e. The molecule has 0 saturated carbocycles. The molecule has 3 rings (SSSR count). The van der Waals surface area contributed by atoms with Crippen LogP contribution < -0.4 is 0 Å². The quantitative estimate of drug-likeness (QED) is 0.865. The van der Waals surface area contributed by atoms with Crippen molar-refractivity contribution in [3.63, 3.8) is 0 Å². The third-order valence-corrected chi connectivity index (χ3v) is 4.97. The average molecular weight is 287 g/mol. The molecule has 106 valence electrons. The minimum atomic E-state index is 0.307. The zero-order chi connectivity index (χ0) is 14.2. The molecule has 1 atom stereocenters. The number of rotatable bonds is 3. The Morgan fingerprint density at radius 2 is 2.00 bits per heavy atom. The van der Waals surface area contributed by atoms with Gasteiger partial charge in [-0.2, -0.15) is 0 Å². The highest BCUT2D eigenvalue weighted by Gasteiger charge is 2.40. The Morgan fingerprint density at radius 1 is 1.25 bits per heavy atom. The molecule has 4 heteroatoms. The van der Waals surface area contributed by atoms with Crippen LogP contribution in [0.3, 0.4) is 0 Å². The third-order valence-electron chi connectivity index (χ3n) is 4.14. The zero-order valence-electron chi connectivity index (χ0n) is 12.3. The fraction of sp³-hybridized carbons (Fsp3) is 0.500. The fourth-order valence-corrected chi connectivity index (χ4v) is 3.96. The Hall–Kier alpha value is -1.26. The van der Waals surface area contributed by atoms with Crippen LogP contribution in [0.5, 0.6) is 0 Å². The Kier molecular flexibility index (Phi) is 3.61. The van der Waals surface area contributed by atoms with Crippen LogP contribution in [-0.4, -0.2) is 28.2 Å². The summed E-state index contributed by atoms with van der Waals surface area (Å²) in [6.07, 6.45) is 0. The van der Waals surface area contributed by atoms with E-state index < -0.39 is 0 Å². The van der Waals surface area contributed by atoms with Crippen molar-refractivity contribution >= 4 is 11.3 Å². The first-order valence-corrected chi connectivity index (χ1v) is 7.92. The summed E-state index contributed by atoms with van der Waals surface area (Å²) in [6.45, 7) is 9.91. The molecule has 0 N–H and O–H groups in total. The van der Waals surface area contributed by atoms with Crippen LogP contribution in [-0.2, 0) is 6.54 Å². The van der Waals surface area contributed by atoms with E-state index in [2.05, 4.69) is 59.3 Å². The van der Waals surface area contributed by atoms with Gasteiger partial charge in [-0.15, -0.1) is 21.5 Å². The minimum absolute atomic E-state index is 0.307. The molecule has 2 aromatic rings. The molecular weight excluding hydrogens is 266 g/mol. The van der Waals surface area contributed by atoms with Gasteiger partial charge in [-0.3, -0.25) is 4.90 Å². The normalized spacial score (nSPS) is 22.2. The van der Waals surface area contributed by atoms with E-state index in [9.17, 15) is 0 Å². The molecule has 3 nitrogen and oxygen atoms in total. The summed E-state index contributed by atoms with van der Waals surface area (Å²) in [5.41, 5.74) is 1.76. The van der Waals surface area contributed by atoms with Crippen molar-refractivity contribution < 1.29 is 0 Å². The van der Waals surface area contributed by atoms with Crippen molar-refractivity contribution in [3.8, 4) is 0 Å². The third kappa shape index (κ3) is 2.76. The SMILES string of the molecule is Cc1nnc(CN2CC(c3ccccc3)C(C)(C)C2)s1. The maximum atomic E-state index is 4.25. The van der Waals surface area contributed by atoms with Gasteiger partial charge < -0.3 is 0 Å². The maximum absolute atomic E-state index is 4.25. The second-order valence-corrected chi connectivity index (χ2v) is 7.60. The average Bonchev–Trinajstić information content (AvgIpc) is 2.94. The van der Waals surface area contributed by atoms with Gasteiger partial charge in [0.1, 0.15) is 10.0 Å². The van der Waals surface area contributed by atoms with Crippen molar-refractivity contribution in [3.05, 3.63) is 45.9 Å². The van der Waals surface area contributed by atoms with Gasteiger partial charge in [0.15, 0.2) is 0 Å². The van der Waals surface area contributed by atoms with Crippen LogP contribution in [0, 0.1) is 12.3 Å². The summed E-state index contributed by atoms with van der Waals surface area (Å²) in [5, 5.41) is 10.6. The van der Waals surface area contributed by atoms with E-state index in [1.54, 1.807) is 11.3 Å². The molecule has 0 aliphatic carbocycles. The van der Waals surface area contributed by atoms with Crippen LogP contribution in [0.1, 0.15) is 35.3 Å². The number of likely N-dealkylation sites (tertiary alicyclic amines) is 1. The Balaban J connectivity index is 1.75. The molecule has 0 spiro atoms. The molecule has 2 heterocycles. The van der Waals surface area contributed by atoms with E-state index >= 15 is 0 Å². The van der Waals surface area contributed by atoms with Gasteiger partial charge in [0.2, 0.25) is 0 Å². The summed E-state index contributed by atoms with van der Waals surface area (Å²) in [6, 6.07) is 10.9. The molecule has 1 saturated heterocycles. The second kappa shape index (κ2) is 5.26. The van der Waals surface area contributed by atoms with E-state index in [1.807, 2.05) is 6.92 Å². The van der Waals surface area contributed by atoms with E-state index in [1.165, 1.54) is 5.56 Å². The van der Waals surface area contributed by atoms with Gasteiger partial charge in [-0.05, 0) is 17.9 Å². The molecule has 1 aromatic carbocycles. The Bertz CT molecular complexity index is 576. The van der Waals surface area contributed by atoms with Crippen molar-refractivity contribution in [1.29, 1.82) is 0 Å². The number of nitrogens with zero attached hydrogens (tertiary/aromatic N) is 3. The van der Waals surface area contributed by atoms with Crippen molar-refractivity contribution in [2.45, 2.75) is 33.2 Å². The van der Waals surface area contributed by atoms with Gasteiger partial charge in [0, 0.05) is 19.0 Å². The van der Waals surface area contributed by atoms with E-state index in [4.69, 9.17) is 0 Å². The van der Waals surface area contributed by atoms with Gasteiger partial charge in [-0.1, -0.05) is 44.2 Å². The molecule has 20 heavy (non-hydrogen) atoms. The van der Waals surface area contributed by atoms with Crippen molar-refractivity contribution in [2.24, 2.45) is 5.41 Å². The maximum Gasteiger partial charge on any atom is 0.131 e. The van der Waals surface area contributed by atoms with Gasteiger partial charge >= 0.3 is 0 Å². The van der Waals surface area contributed by atoms with Crippen LogP contribution >= 0.6 is 11.3 Å². The van der Waals surface area contributed by atoms with Crippen LogP contribution in [0.25, 0.3) is 0 Å². The zero-order valence-corrected chi connectivity index (χ0v) is 13.2. The van der Waals surface area contributed by atoms with Gasteiger partial charge in [-0.25, -0.2) is 0 Å². The lowest BCUT2D eigenvalue weighted by atomic mass is 9.78. The monoisotopic (exact) mass is 287 g/mol. The highest BCUT2D eigenvalue weighted by Crippen LogP contribution is 2.42. The molecule has 1 aliphatic heterocycles. The molecule has 0 amide bonds. The predicted molar refractivity (Wildman–Crippen MR) is 82.9 cm³/mol. The fourth-order valence-electron chi connectivity index (χ4n) is 3.21. The lowest BCUT2D eigenvalue weighted by Crippen LogP contribution is -2.23. The van der Waals surface area contributed by atoms with Gasteiger partial charge in [0.25, 0.3) is 0 Å². The number of hydrogen-bond acceptors (Lipinski definition) is 4. The first-order valence-electron chi connectivity index (χ1n) is 7.11. The number of aryl methyl sites for hydroxylation is 1. The highest BCUT2D eigenvalue weighted by atomic mass is 32.1. The molecule has 1 fully saturated rings. The molecule has 1 unspecified atom stereocenters. The first kappa shape index (κ1) is 13.7. The van der Waals surface area contributed by atoms with Crippen LogP contribution in [0.15, 0.2) is 30.3 Å². The summed E-state index contributed by atoms with van der Waals surface area (Å²) < 4.78 is 0. The number of hydrogen-bond donors (Lipinski definition) is 0. The van der Waals surface area contributed by atoms with E-state index in [-0.39, 0.29) is 0 Å². The van der Waals surface area contributed by atoms with E-state index in [0.29, 0.717) is 11.3 Å². The molecule has 0 bridgehead atoms. The summed E-state index contributed by atoms with van der Waals surface area (Å²) in [4.78, 5) is 2.51. The Morgan fingerprint density at radius 3 is 2.65 bits per heavy atom. The lowest BCUT2D eigenvalue weighted by molar-refractivity contribution is 0.281. The molecule has 1 aliphatic rings. The van der Waals surface area contributed by atoms with Crippen LogP contribution in [0.2, 0.25) is 0 Å². The van der Waals surface area contributed by atoms with Crippen LogP contribution in [0.4, 0.5) is 0 Å². The second-order valence-electron chi connectivity index (χ2n) is 6.34. The highest BCUT2D eigenvalue weighted by molar-refractivity contribution is 7.11. The number of aromatic nitrogens is 2. The predicted octanol–water partition coefficient (Wildman–Crippen LogP) is 3.47. The Labute approximate surface area is 124 Å². The summed E-state index contributed by atoms with van der Waals surface area (Å²) in [5.74, 6) is 0.595. The summed E-state index contributed by atoms with van der Waals surface area (Å²) >= 11 is 1.71. The standard InChI is InChI=1S/C16H21N3S/c1-12-17-18-15(20-12)10-19-9-14(16(2,3)11-19)13-7-5-4-6-8-13/h4-8,14H,9-11H2,1-3H3. The van der Waals surface area contributed by atoms with Gasteiger partial charge in [0.05, 0.1) is 6.54 Å². The van der Waals surface area contributed by atoms with Crippen molar-refractivity contribution in [1.82, 2.24) is 15.1 Å². The van der Waals surface area contributed by atoms with Crippen molar-refractivity contribution in [2.75, 3.05) is 13.1 Å². The summed E-state index contributed by atoms with van der Waals surface area (Å²) in [7, 11) is 0. The molecule has 0 radical (unpaired) electrons. The lowest BCUT2D eigenvalue weighted by Gasteiger charge is -2.26. The number of benzene rings is 1.